The van der Waals surface area contributed by atoms with Crippen LogP contribution in [0.3, 0.4) is 0 Å². The van der Waals surface area contributed by atoms with E-state index in [4.69, 9.17) is 0 Å². The molecule has 0 atom stereocenters. The van der Waals surface area contributed by atoms with Gasteiger partial charge in [0, 0.05) is 0 Å². The topological polar surface area (TPSA) is 44.0 Å². The Morgan fingerprint density at radius 3 is 2.57 bits per heavy atom. The number of rotatable bonds is 1. The van der Waals surface area contributed by atoms with E-state index in [0.29, 0.717) is 12.8 Å². The van der Waals surface area contributed by atoms with Crippen LogP contribution in [0.2, 0.25) is 0 Å². The third kappa shape index (κ3) is 1.46. The van der Waals surface area contributed by atoms with Crippen molar-refractivity contribution in [1.82, 2.24) is 0 Å². The van der Waals surface area contributed by atoms with Crippen LogP contribution in [-0.2, 0) is 0 Å². The first-order valence-corrected chi connectivity index (χ1v) is 5.41. The van der Waals surface area contributed by atoms with E-state index in [-0.39, 0.29) is 5.41 Å². The molecule has 76 valence electrons. The first-order chi connectivity index (χ1) is 6.58. The predicted molar refractivity (Wildman–Crippen MR) is 54.5 cm³/mol. The van der Waals surface area contributed by atoms with Crippen LogP contribution in [0.25, 0.3) is 0 Å². The number of hydrogen-bond acceptors (Lipinski definition) is 2. The molecule has 2 aliphatic rings. The Labute approximate surface area is 85.2 Å². The van der Waals surface area contributed by atoms with Gasteiger partial charge in [-0.05, 0) is 45.4 Å². The van der Waals surface area contributed by atoms with Crippen molar-refractivity contribution in [2.24, 2.45) is 5.41 Å². The Balaban J connectivity index is 2.16. The summed E-state index contributed by atoms with van der Waals surface area (Å²) in [6.45, 7) is 1.83. The molecule has 0 saturated heterocycles. The van der Waals surface area contributed by atoms with Crippen LogP contribution in [-0.4, -0.2) is 10.7 Å². The molecule has 2 aliphatic carbocycles. The third-order valence-electron chi connectivity index (χ3n) is 3.48. The highest BCUT2D eigenvalue weighted by Crippen LogP contribution is 2.54. The monoisotopic (exact) mass is 191 g/mol. The van der Waals surface area contributed by atoms with E-state index < -0.39 is 5.60 Å². The number of nitrogens with zero attached hydrogens (tertiary/aromatic N) is 1. The van der Waals surface area contributed by atoms with Crippen LogP contribution in [0.5, 0.6) is 0 Å². The van der Waals surface area contributed by atoms with Crippen LogP contribution in [0.1, 0.15) is 45.4 Å². The molecule has 0 spiro atoms. The molecule has 0 aromatic rings. The zero-order valence-corrected chi connectivity index (χ0v) is 8.71. The molecule has 2 rings (SSSR count). The minimum Gasteiger partial charge on any atom is -0.390 e. The average Bonchev–Trinajstić information content (AvgIpc) is 2.15. The van der Waals surface area contributed by atoms with Crippen molar-refractivity contribution in [3.8, 4) is 6.07 Å². The fourth-order valence-electron chi connectivity index (χ4n) is 2.90. The fraction of sp³-hybridized carbons (Fsp3) is 0.750. The van der Waals surface area contributed by atoms with Crippen LogP contribution >= 0.6 is 0 Å². The lowest BCUT2D eigenvalue weighted by Crippen LogP contribution is -2.50. The fourth-order valence-corrected chi connectivity index (χ4v) is 2.90. The SMILES string of the molecule is CC1(O)CC(C#N)(C2=CCCCC2)C1. The van der Waals surface area contributed by atoms with Gasteiger partial charge in [0.05, 0.1) is 17.1 Å². The lowest BCUT2D eigenvalue weighted by Gasteiger charge is -2.49. The average molecular weight is 191 g/mol. The van der Waals surface area contributed by atoms with Crippen LogP contribution in [0.15, 0.2) is 11.6 Å². The van der Waals surface area contributed by atoms with Gasteiger partial charge in [-0.15, -0.1) is 0 Å². The Kier molecular flexibility index (Phi) is 2.16. The quantitative estimate of drug-likeness (QED) is 0.647. The third-order valence-corrected chi connectivity index (χ3v) is 3.48. The Morgan fingerprint density at radius 2 is 2.14 bits per heavy atom. The summed E-state index contributed by atoms with van der Waals surface area (Å²) in [6, 6.07) is 2.41. The molecule has 1 N–H and O–H groups in total. The van der Waals surface area contributed by atoms with E-state index >= 15 is 0 Å². The zero-order chi connectivity index (χ0) is 10.2. The smallest absolute Gasteiger partial charge is 0.0837 e. The molecule has 0 radical (unpaired) electrons. The Bertz CT molecular complexity index is 301. The second-order valence-electron chi connectivity index (χ2n) is 5.02. The minimum atomic E-state index is -0.603. The van der Waals surface area contributed by atoms with Crippen molar-refractivity contribution in [3.05, 3.63) is 11.6 Å². The minimum absolute atomic E-state index is 0.316. The Hall–Kier alpha value is -0.810. The van der Waals surface area contributed by atoms with Crippen LogP contribution < -0.4 is 0 Å². The molecular formula is C12H17NO. The summed E-state index contributed by atoms with van der Waals surface area (Å²) in [7, 11) is 0. The van der Waals surface area contributed by atoms with Crippen molar-refractivity contribution < 1.29 is 5.11 Å². The van der Waals surface area contributed by atoms with Crippen molar-refractivity contribution in [3.63, 3.8) is 0 Å². The van der Waals surface area contributed by atoms with E-state index in [0.717, 1.165) is 12.8 Å². The Morgan fingerprint density at radius 1 is 1.43 bits per heavy atom. The summed E-state index contributed by atoms with van der Waals surface area (Å²) in [6.07, 6.45) is 8.11. The number of nitriles is 1. The molecule has 14 heavy (non-hydrogen) atoms. The molecule has 2 nitrogen and oxygen atoms in total. The predicted octanol–water partition coefficient (Wildman–Crippen LogP) is 2.54. The molecule has 1 saturated carbocycles. The van der Waals surface area contributed by atoms with Gasteiger partial charge in [-0.25, -0.2) is 0 Å². The van der Waals surface area contributed by atoms with E-state index in [9.17, 15) is 10.4 Å². The molecule has 0 bridgehead atoms. The van der Waals surface area contributed by atoms with E-state index in [1.165, 1.54) is 18.4 Å². The summed E-state index contributed by atoms with van der Waals surface area (Å²) in [5.74, 6) is 0. The van der Waals surface area contributed by atoms with Gasteiger partial charge in [-0.1, -0.05) is 11.6 Å². The maximum atomic E-state index is 9.73. The van der Waals surface area contributed by atoms with Crippen molar-refractivity contribution in [2.75, 3.05) is 0 Å². The second-order valence-corrected chi connectivity index (χ2v) is 5.02. The van der Waals surface area contributed by atoms with Crippen molar-refractivity contribution in [2.45, 2.75) is 51.0 Å². The lowest BCUT2D eigenvalue weighted by molar-refractivity contribution is -0.0746. The molecule has 0 aromatic heterocycles. The largest absolute Gasteiger partial charge is 0.390 e. The highest BCUT2D eigenvalue weighted by atomic mass is 16.3. The molecule has 0 aromatic carbocycles. The van der Waals surface area contributed by atoms with Crippen LogP contribution in [0.4, 0.5) is 0 Å². The van der Waals surface area contributed by atoms with Gasteiger partial charge in [0.1, 0.15) is 0 Å². The number of aliphatic hydroxyl groups is 1. The lowest BCUT2D eigenvalue weighted by atomic mass is 9.56. The first-order valence-electron chi connectivity index (χ1n) is 5.41. The van der Waals surface area contributed by atoms with Gasteiger partial charge in [0.15, 0.2) is 0 Å². The van der Waals surface area contributed by atoms with Crippen LogP contribution in [0, 0.1) is 16.7 Å². The van der Waals surface area contributed by atoms with Gasteiger partial charge >= 0.3 is 0 Å². The van der Waals surface area contributed by atoms with E-state index in [1.54, 1.807) is 0 Å². The first kappa shape index (κ1) is 9.73. The molecule has 1 fully saturated rings. The normalized spacial score (nSPS) is 42.2. The molecule has 0 amide bonds. The summed E-state index contributed by atoms with van der Waals surface area (Å²) in [5, 5.41) is 19.0. The highest BCUT2D eigenvalue weighted by molar-refractivity contribution is 5.31. The summed E-state index contributed by atoms with van der Waals surface area (Å²) in [4.78, 5) is 0. The molecular weight excluding hydrogens is 174 g/mol. The van der Waals surface area contributed by atoms with Gasteiger partial charge in [-0.3, -0.25) is 0 Å². The highest BCUT2D eigenvalue weighted by Gasteiger charge is 2.53. The van der Waals surface area contributed by atoms with Crippen molar-refractivity contribution >= 4 is 0 Å². The molecule has 0 heterocycles. The molecule has 0 unspecified atom stereocenters. The standard InChI is InChI=1S/C12H17NO/c1-11(14)7-12(8-11,9-13)10-5-3-2-4-6-10/h5,14H,2-4,6-8H2,1H3. The van der Waals surface area contributed by atoms with Gasteiger partial charge in [-0.2, -0.15) is 5.26 Å². The molecule has 2 heteroatoms. The maximum absolute atomic E-state index is 9.73. The zero-order valence-electron chi connectivity index (χ0n) is 8.71. The van der Waals surface area contributed by atoms with Gasteiger partial charge in [0.2, 0.25) is 0 Å². The summed E-state index contributed by atoms with van der Waals surface area (Å²) in [5.41, 5.74) is 0.371. The molecule has 0 aliphatic heterocycles. The second kappa shape index (κ2) is 3.10. The van der Waals surface area contributed by atoms with Gasteiger partial charge in [0.25, 0.3) is 0 Å². The van der Waals surface area contributed by atoms with Gasteiger partial charge < -0.3 is 5.11 Å². The van der Waals surface area contributed by atoms with E-state index in [1.807, 2.05) is 6.92 Å². The number of allylic oxidation sites excluding steroid dienone is 2. The summed E-state index contributed by atoms with van der Waals surface area (Å²) < 4.78 is 0. The maximum Gasteiger partial charge on any atom is 0.0837 e. The number of hydrogen-bond donors (Lipinski definition) is 1. The summed E-state index contributed by atoms with van der Waals surface area (Å²) >= 11 is 0. The van der Waals surface area contributed by atoms with E-state index in [2.05, 4.69) is 12.1 Å². The van der Waals surface area contributed by atoms with Crippen molar-refractivity contribution in [1.29, 1.82) is 5.26 Å².